The van der Waals surface area contributed by atoms with Crippen molar-refractivity contribution in [2.45, 2.75) is 58.4 Å². The molecule has 0 saturated carbocycles. The average molecular weight is 345 g/mol. The Morgan fingerprint density at radius 3 is 2.75 bits per heavy atom. The Kier molecular flexibility index (Phi) is 4.85. The Bertz CT molecular complexity index is 807. The van der Waals surface area contributed by atoms with Gasteiger partial charge in [-0.3, -0.25) is 9.59 Å². The molecule has 1 amide bonds. The fourth-order valence-electron chi connectivity index (χ4n) is 2.96. The van der Waals surface area contributed by atoms with E-state index in [9.17, 15) is 9.59 Å². The van der Waals surface area contributed by atoms with Crippen molar-refractivity contribution in [2.24, 2.45) is 0 Å². The first-order valence-electron chi connectivity index (χ1n) is 8.47. The zero-order valence-corrected chi connectivity index (χ0v) is 15.1. The molecule has 6 heteroatoms. The SMILES string of the molecule is CC(C)c1nc([C@@H](C)NC(=O)c2cc3c([nH]c2=O)CCCC3)cs1. The van der Waals surface area contributed by atoms with Crippen LogP contribution in [-0.2, 0) is 12.8 Å². The Morgan fingerprint density at radius 1 is 1.29 bits per heavy atom. The topological polar surface area (TPSA) is 74.8 Å². The molecule has 2 N–H and O–H groups in total. The molecule has 0 saturated heterocycles. The zero-order chi connectivity index (χ0) is 17.3. The van der Waals surface area contributed by atoms with Crippen molar-refractivity contribution >= 4 is 17.2 Å². The molecule has 1 atom stereocenters. The van der Waals surface area contributed by atoms with E-state index < -0.39 is 0 Å². The van der Waals surface area contributed by atoms with E-state index in [1.54, 1.807) is 17.4 Å². The maximum atomic E-state index is 12.5. The summed E-state index contributed by atoms with van der Waals surface area (Å²) in [5.74, 6) is 0.0337. The number of aromatic amines is 1. The Labute approximate surface area is 145 Å². The number of hydrogen-bond acceptors (Lipinski definition) is 4. The number of carbonyl (C=O) groups excluding carboxylic acids is 1. The second kappa shape index (κ2) is 6.89. The second-order valence-electron chi connectivity index (χ2n) is 6.68. The van der Waals surface area contributed by atoms with Gasteiger partial charge in [-0.15, -0.1) is 11.3 Å². The van der Waals surface area contributed by atoms with Gasteiger partial charge in [-0.2, -0.15) is 0 Å². The third-order valence-corrected chi connectivity index (χ3v) is 5.57. The summed E-state index contributed by atoms with van der Waals surface area (Å²) in [5.41, 5.74) is 2.81. The molecule has 0 unspecified atom stereocenters. The van der Waals surface area contributed by atoms with Crippen molar-refractivity contribution in [3.63, 3.8) is 0 Å². The number of hydrogen-bond donors (Lipinski definition) is 2. The molecule has 0 aromatic carbocycles. The number of aromatic nitrogens is 2. The lowest BCUT2D eigenvalue weighted by atomic mass is 9.95. The van der Waals surface area contributed by atoms with Gasteiger partial charge in [0.05, 0.1) is 16.7 Å². The van der Waals surface area contributed by atoms with Gasteiger partial charge >= 0.3 is 0 Å². The Hall–Kier alpha value is -1.95. The third kappa shape index (κ3) is 3.43. The highest BCUT2D eigenvalue weighted by Gasteiger charge is 2.20. The summed E-state index contributed by atoms with van der Waals surface area (Å²) >= 11 is 1.60. The predicted molar refractivity (Wildman–Crippen MR) is 95.8 cm³/mol. The molecule has 0 aliphatic heterocycles. The van der Waals surface area contributed by atoms with E-state index in [4.69, 9.17) is 0 Å². The summed E-state index contributed by atoms with van der Waals surface area (Å²) in [5, 5.41) is 5.92. The first-order valence-corrected chi connectivity index (χ1v) is 9.35. The number of nitrogens with zero attached hydrogens (tertiary/aromatic N) is 1. The maximum absolute atomic E-state index is 12.5. The molecule has 2 heterocycles. The summed E-state index contributed by atoms with van der Waals surface area (Å²) in [6.07, 6.45) is 4.01. The molecule has 3 rings (SSSR count). The number of nitrogens with one attached hydrogen (secondary N) is 2. The third-order valence-electron chi connectivity index (χ3n) is 4.41. The molecule has 0 fully saturated rings. The minimum atomic E-state index is -0.337. The lowest BCUT2D eigenvalue weighted by molar-refractivity contribution is 0.0937. The molecule has 1 aliphatic carbocycles. The van der Waals surface area contributed by atoms with Gasteiger partial charge in [-0.05, 0) is 44.2 Å². The van der Waals surface area contributed by atoms with Crippen LogP contribution in [0.5, 0.6) is 0 Å². The monoisotopic (exact) mass is 345 g/mol. The first-order chi connectivity index (χ1) is 11.5. The lowest BCUT2D eigenvalue weighted by Crippen LogP contribution is -2.32. The summed E-state index contributed by atoms with van der Waals surface area (Å²) in [7, 11) is 0. The van der Waals surface area contributed by atoms with Gasteiger partial charge in [0.25, 0.3) is 11.5 Å². The molecule has 128 valence electrons. The smallest absolute Gasteiger partial charge is 0.261 e. The minimum absolute atomic E-state index is 0.196. The highest BCUT2D eigenvalue weighted by molar-refractivity contribution is 7.09. The fraction of sp³-hybridized carbons (Fsp3) is 0.500. The van der Waals surface area contributed by atoms with E-state index in [0.29, 0.717) is 5.92 Å². The quantitative estimate of drug-likeness (QED) is 0.892. The maximum Gasteiger partial charge on any atom is 0.261 e. The average Bonchev–Trinajstić information content (AvgIpc) is 3.04. The minimum Gasteiger partial charge on any atom is -0.344 e. The van der Waals surface area contributed by atoms with Gasteiger partial charge in [-0.1, -0.05) is 13.8 Å². The van der Waals surface area contributed by atoms with Gasteiger partial charge in [0.15, 0.2) is 0 Å². The number of rotatable bonds is 4. The van der Waals surface area contributed by atoms with Crippen LogP contribution < -0.4 is 10.9 Å². The summed E-state index contributed by atoms with van der Waals surface area (Å²) in [6, 6.07) is 1.53. The van der Waals surface area contributed by atoms with Crippen LogP contribution in [0.3, 0.4) is 0 Å². The van der Waals surface area contributed by atoms with Crippen LogP contribution in [0.4, 0.5) is 0 Å². The molecule has 5 nitrogen and oxygen atoms in total. The largest absolute Gasteiger partial charge is 0.344 e. The molecule has 1 aliphatic rings. The molecule has 2 aromatic heterocycles. The van der Waals surface area contributed by atoms with E-state index in [1.807, 2.05) is 12.3 Å². The molecule has 24 heavy (non-hydrogen) atoms. The van der Waals surface area contributed by atoms with Gasteiger partial charge in [-0.25, -0.2) is 4.98 Å². The van der Waals surface area contributed by atoms with Crippen LogP contribution in [0.25, 0.3) is 0 Å². The number of fused-ring (bicyclic) bond motifs is 1. The van der Waals surface area contributed by atoms with E-state index in [1.165, 1.54) is 0 Å². The van der Waals surface area contributed by atoms with Crippen molar-refractivity contribution in [2.75, 3.05) is 0 Å². The zero-order valence-electron chi connectivity index (χ0n) is 14.3. The van der Waals surface area contributed by atoms with E-state index in [2.05, 4.69) is 29.1 Å². The summed E-state index contributed by atoms with van der Waals surface area (Å²) in [6.45, 7) is 6.08. The van der Waals surface area contributed by atoms with Gasteiger partial charge < -0.3 is 10.3 Å². The fourth-order valence-corrected chi connectivity index (χ4v) is 3.89. The molecule has 2 aromatic rings. The second-order valence-corrected chi connectivity index (χ2v) is 7.57. The van der Waals surface area contributed by atoms with Crippen molar-refractivity contribution in [3.8, 4) is 0 Å². The van der Waals surface area contributed by atoms with Crippen LogP contribution in [0, 0.1) is 0 Å². The summed E-state index contributed by atoms with van der Waals surface area (Å²) < 4.78 is 0. The highest BCUT2D eigenvalue weighted by atomic mass is 32.1. The van der Waals surface area contributed by atoms with Gasteiger partial charge in [0, 0.05) is 17.0 Å². The van der Waals surface area contributed by atoms with Crippen LogP contribution in [-0.4, -0.2) is 15.9 Å². The number of pyridine rings is 1. The van der Waals surface area contributed by atoms with Crippen LogP contribution in [0.1, 0.15) is 77.9 Å². The standard InChI is InChI=1S/C18H23N3O2S/c1-10(2)18-21-15(9-24-18)11(3)19-16(22)13-8-12-6-4-5-7-14(12)20-17(13)23/h8-11H,4-7H2,1-3H3,(H,19,22)(H,20,23)/t11-/m1/s1. The van der Waals surface area contributed by atoms with Crippen LogP contribution >= 0.6 is 11.3 Å². The van der Waals surface area contributed by atoms with Gasteiger partial charge in [0.1, 0.15) is 5.56 Å². The van der Waals surface area contributed by atoms with Crippen molar-refractivity contribution < 1.29 is 4.79 Å². The van der Waals surface area contributed by atoms with E-state index >= 15 is 0 Å². The highest BCUT2D eigenvalue weighted by Crippen LogP contribution is 2.23. The number of H-pyrrole nitrogens is 1. The predicted octanol–water partition coefficient (Wildman–Crippen LogP) is 3.32. The molecular weight excluding hydrogens is 322 g/mol. The van der Waals surface area contributed by atoms with E-state index in [-0.39, 0.29) is 23.1 Å². The molecule has 0 bridgehead atoms. The number of thiazole rings is 1. The Balaban J connectivity index is 1.78. The van der Waals surface area contributed by atoms with Crippen LogP contribution in [0.2, 0.25) is 0 Å². The normalized spacial score (nSPS) is 15.2. The Morgan fingerprint density at radius 2 is 2.04 bits per heavy atom. The molecule has 0 spiro atoms. The molecular formula is C18H23N3O2S. The van der Waals surface area contributed by atoms with Crippen LogP contribution in [0.15, 0.2) is 16.2 Å². The van der Waals surface area contributed by atoms with Gasteiger partial charge in [0.2, 0.25) is 0 Å². The number of aryl methyl sites for hydroxylation is 2. The summed E-state index contributed by atoms with van der Waals surface area (Å²) in [4.78, 5) is 32.2. The molecule has 0 radical (unpaired) electrons. The van der Waals surface area contributed by atoms with E-state index in [0.717, 1.165) is 47.6 Å². The van der Waals surface area contributed by atoms with Crippen molar-refractivity contribution in [1.29, 1.82) is 0 Å². The first kappa shape index (κ1) is 16.9. The number of carbonyl (C=O) groups is 1. The lowest BCUT2D eigenvalue weighted by Gasteiger charge is -2.17. The van der Waals surface area contributed by atoms with Crippen molar-refractivity contribution in [3.05, 3.63) is 49.3 Å². The number of amides is 1. The van der Waals surface area contributed by atoms with Crippen molar-refractivity contribution in [1.82, 2.24) is 15.3 Å².